The Hall–Kier alpha value is -1.01. The van der Waals surface area contributed by atoms with Crippen LogP contribution in [-0.2, 0) is 0 Å². The van der Waals surface area contributed by atoms with Gasteiger partial charge in [-0.1, -0.05) is 11.3 Å². The Labute approximate surface area is 77.6 Å². The minimum Gasteiger partial charge on any atom is -0.398 e. The summed E-state index contributed by atoms with van der Waals surface area (Å²) >= 11 is 4.74. The number of amides is 1. The summed E-state index contributed by atoms with van der Waals surface area (Å²) < 4.78 is 0.00926. The van der Waals surface area contributed by atoms with Crippen molar-refractivity contribution in [2.24, 2.45) is 5.73 Å². The maximum absolute atomic E-state index is 10.8. The van der Waals surface area contributed by atoms with Crippen LogP contribution in [-0.4, -0.2) is 5.91 Å². The van der Waals surface area contributed by atoms with Crippen LogP contribution in [0.4, 0.5) is 5.69 Å². The molecule has 0 saturated carbocycles. The smallest absolute Gasteiger partial charge is 0.252 e. The van der Waals surface area contributed by atoms with E-state index in [0.717, 1.165) is 17.4 Å². The Bertz CT molecular complexity index is 359. The molecule has 0 atom stereocenters. The number of thiol groups is 1. The summed E-state index contributed by atoms with van der Waals surface area (Å²) in [7, 11) is 0. The molecule has 0 aliphatic rings. The molecule has 1 aromatic rings. The fourth-order valence-electron chi connectivity index (χ4n) is 0.746. The van der Waals surface area contributed by atoms with E-state index in [-0.39, 0.29) is 20.2 Å². The van der Waals surface area contributed by atoms with Gasteiger partial charge in [-0.15, -0.1) is 12.6 Å². The van der Waals surface area contributed by atoms with Crippen molar-refractivity contribution in [1.29, 1.82) is 0 Å². The summed E-state index contributed by atoms with van der Waals surface area (Å²) in [6.07, 6.45) is 0. The van der Waals surface area contributed by atoms with Crippen LogP contribution in [0, 0.1) is 0 Å². The molecule has 4 nitrogen and oxygen atoms in total. The summed E-state index contributed by atoms with van der Waals surface area (Å²) in [6, 6.07) is 1.16. The number of nitrogen functional groups attached to an aromatic ring is 1. The number of carbonyl (C=O) groups is 1. The molecule has 0 aliphatic carbocycles. The second kappa shape index (κ2) is 3.16. The van der Waals surface area contributed by atoms with Crippen LogP contribution in [0.15, 0.2) is 15.1 Å². The van der Waals surface area contributed by atoms with Crippen LogP contribution in [0.5, 0.6) is 0 Å². The fraction of sp³-hybridized carbons (Fsp3) is 0. The number of hydrogen-bond donors (Lipinski definition) is 3. The molecule has 1 amide bonds. The van der Waals surface area contributed by atoms with Crippen LogP contribution < -0.4 is 16.2 Å². The van der Waals surface area contributed by atoms with Crippen molar-refractivity contribution in [2.75, 3.05) is 5.73 Å². The first kappa shape index (κ1) is 9.08. The van der Waals surface area contributed by atoms with E-state index in [9.17, 15) is 9.59 Å². The van der Waals surface area contributed by atoms with E-state index in [1.807, 2.05) is 0 Å². The number of hydrogen-bond acceptors (Lipinski definition) is 5. The molecule has 0 spiro atoms. The third kappa shape index (κ3) is 1.59. The van der Waals surface area contributed by atoms with Crippen molar-refractivity contribution < 1.29 is 4.79 Å². The average Bonchev–Trinajstić information content (AvgIpc) is 1.82. The first-order valence-electron chi connectivity index (χ1n) is 2.94. The first-order valence-corrected chi connectivity index (χ1v) is 4.21. The quantitative estimate of drug-likeness (QED) is 0.563. The minimum absolute atomic E-state index is 0.0799. The molecule has 0 aliphatic heterocycles. The van der Waals surface area contributed by atoms with Gasteiger partial charge in [0, 0.05) is 6.07 Å². The fourth-order valence-corrected chi connectivity index (χ4v) is 1.95. The van der Waals surface area contributed by atoms with Crippen LogP contribution in [0.2, 0.25) is 0 Å². The first-order chi connectivity index (χ1) is 5.52. The molecule has 0 bridgehead atoms. The molecule has 0 unspecified atom stereocenters. The van der Waals surface area contributed by atoms with E-state index < -0.39 is 5.91 Å². The number of nitrogens with two attached hydrogens (primary N) is 2. The van der Waals surface area contributed by atoms with Crippen molar-refractivity contribution >= 4 is 35.6 Å². The van der Waals surface area contributed by atoms with Crippen molar-refractivity contribution in [3.05, 3.63) is 21.2 Å². The Morgan fingerprint density at radius 3 is 2.58 bits per heavy atom. The molecule has 0 saturated heterocycles. The third-order valence-corrected chi connectivity index (χ3v) is 2.43. The van der Waals surface area contributed by atoms with Gasteiger partial charge in [-0.2, -0.15) is 0 Å². The Kier molecular flexibility index (Phi) is 2.39. The van der Waals surface area contributed by atoms with Crippen molar-refractivity contribution in [1.82, 2.24) is 0 Å². The standard InChI is InChI=1S/C6H6N2O2S2/c7-2-1-3(9)12-6(11)4(2)5(8)10/h1,11H,7H2,(H2,8,10). The molecule has 0 aromatic carbocycles. The van der Waals surface area contributed by atoms with Crippen molar-refractivity contribution in [3.63, 3.8) is 0 Å². The van der Waals surface area contributed by atoms with E-state index >= 15 is 0 Å². The van der Waals surface area contributed by atoms with E-state index in [1.165, 1.54) is 0 Å². The van der Waals surface area contributed by atoms with Crippen LogP contribution in [0.25, 0.3) is 0 Å². The molecule has 1 aromatic heterocycles. The normalized spacial score (nSPS) is 9.75. The van der Waals surface area contributed by atoms with Gasteiger partial charge in [0.25, 0.3) is 5.91 Å². The van der Waals surface area contributed by atoms with Gasteiger partial charge in [-0.05, 0) is 0 Å². The lowest BCUT2D eigenvalue weighted by atomic mass is 10.2. The Balaban J connectivity index is 3.48. The van der Waals surface area contributed by atoms with Gasteiger partial charge in [0.15, 0.2) is 0 Å². The highest BCUT2D eigenvalue weighted by molar-refractivity contribution is 7.82. The third-order valence-electron chi connectivity index (χ3n) is 1.22. The van der Waals surface area contributed by atoms with Gasteiger partial charge in [0.05, 0.1) is 15.5 Å². The predicted molar refractivity (Wildman–Crippen MR) is 50.8 cm³/mol. The molecule has 4 N–H and O–H groups in total. The molecule has 1 heterocycles. The highest BCUT2D eigenvalue weighted by Crippen LogP contribution is 2.20. The monoisotopic (exact) mass is 202 g/mol. The molecule has 1 rings (SSSR count). The van der Waals surface area contributed by atoms with Gasteiger partial charge >= 0.3 is 0 Å². The highest BCUT2D eigenvalue weighted by atomic mass is 32.2. The van der Waals surface area contributed by atoms with E-state index in [1.54, 1.807) is 0 Å². The summed E-state index contributed by atoms with van der Waals surface area (Å²) in [6.45, 7) is 0. The lowest BCUT2D eigenvalue weighted by molar-refractivity contribution is 0.0999. The molecule has 64 valence electrons. The van der Waals surface area contributed by atoms with Crippen LogP contribution >= 0.6 is 24.0 Å². The average molecular weight is 202 g/mol. The SMILES string of the molecule is NC(=O)c1c(N)cc(=O)sc1S. The van der Waals surface area contributed by atoms with E-state index in [0.29, 0.717) is 0 Å². The lowest BCUT2D eigenvalue weighted by Gasteiger charge is -2.01. The summed E-state index contributed by atoms with van der Waals surface area (Å²) in [5.74, 6) is -0.672. The molecule has 0 fully saturated rings. The van der Waals surface area contributed by atoms with E-state index in [2.05, 4.69) is 12.6 Å². The molecular weight excluding hydrogens is 196 g/mol. The maximum atomic E-state index is 10.8. The van der Waals surface area contributed by atoms with Gasteiger partial charge in [-0.25, -0.2) is 0 Å². The zero-order valence-corrected chi connectivity index (χ0v) is 7.61. The molecular formula is C6H6N2O2S2. The van der Waals surface area contributed by atoms with Gasteiger partial charge in [0.1, 0.15) is 0 Å². The topological polar surface area (TPSA) is 86.2 Å². The Morgan fingerprint density at radius 1 is 1.58 bits per heavy atom. The second-order valence-electron chi connectivity index (χ2n) is 2.07. The second-order valence-corrected chi connectivity index (χ2v) is 3.83. The summed E-state index contributed by atoms with van der Waals surface area (Å²) in [5, 5.41) is 0. The minimum atomic E-state index is -0.672. The number of carbonyl (C=O) groups excluding carboxylic acids is 1. The highest BCUT2D eigenvalue weighted by Gasteiger charge is 2.11. The predicted octanol–water partition coefficient (Wildman–Crippen LogP) is 0.0781. The van der Waals surface area contributed by atoms with Gasteiger partial charge in [-0.3, -0.25) is 9.59 Å². The summed E-state index contributed by atoms with van der Waals surface area (Å²) in [4.78, 5) is 21.6. The largest absolute Gasteiger partial charge is 0.398 e. The van der Waals surface area contributed by atoms with Crippen molar-refractivity contribution in [3.8, 4) is 0 Å². The van der Waals surface area contributed by atoms with Gasteiger partial charge < -0.3 is 11.5 Å². The zero-order chi connectivity index (χ0) is 9.30. The lowest BCUT2D eigenvalue weighted by Crippen LogP contribution is -2.15. The van der Waals surface area contributed by atoms with E-state index in [4.69, 9.17) is 11.5 Å². The van der Waals surface area contributed by atoms with Gasteiger partial charge in [0.2, 0.25) is 4.74 Å². The Morgan fingerprint density at radius 2 is 2.17 bits per heavy atom. The molecule has 6 heteroatoms. The molecule has 0 radical (unpaired) electrons. The van der Waals surface area contributed by atoms with Crippen LogP contribution in [0.1, 0.15) is 10.4 Å². The number of primary amides is 1. The number of rotatable bonds is 1. The molecule has 12 heavy (non-hydrogen) atoms. The maximum Gasteiger partial charge on any atom is 0.252 e. The zero-order valence-electron chi connectivity index (χ0n) is 5.90. The number of anilines is 1. The van der Waals surface area contributed by atoms with Crippen LogP contribution in [0.3, 0.4) is 0 Å². The van der Waals surface area contributed by atoms with Crippen molar-refractivity contribution in [2.45, 2.75) is 4.21 Å². The summed E-state index contributed by atoms with van der Waals surface area (Å²) in [5.41, 5.74) is 10.6.